The molecule has 0 spiro atoms. The van der Waals surface area contributed by atoms with E-state index in [0.717, 1.165) is 31.5 Å². The molecule has 0 amide bonds. The van der Waals surface area contributed by atoms with Gasteiger partial charge in [-0.15, -0.1) is 0 Å². The van der Waals surface area contributed by atoms with E-state index in [1.807, 2.05) is 19.6 Å². The van der Waals surface area contributed by atoms with Crippen LogP contribution in [0.4, 0.5) is 0 Å². The van der Waals surface area contributed by atoms with Gasteiger partial charge >= 0.3 is 0 Å². The van der Waals surface area contributed by atoms with Crippen molar-refractivity contribution in [3.8, 4) is 0 Å². The van der Waals surface area contributed by atoms with Gasteiger partial charge in [0.25, 0.3) is 0 Å². The first kappa shape index (κ1) is 17.3. The Morgan fingerprint density at radius 1 is 1.29 bits per heavy atom. The molecule has 134 valence electrons. The molecule has 5 nitrogen and oxygen atoms in total. The highest BCUT2D eigenvalue weighted by molar-refractivity contribution is 5.80. The van der Waals surface area contributed by atoms with Crippen LogP contribution in [0.2, 0.25) is 0 Å². The molecule has 1 N–H and O–H groups in total. The molecule has 2 aliphatic rings. The second-order valence-corrected chi connectivity index (χ2v) is 7.56. The Kier molecular flexibility index (Phi) is 6.16. The van der Waals surface area contributed by atoms with Gasteiger partial charge in [0.15, 0.2) is 5.96 Å². The van der Waals surface area contributed by atoms with Crippen molar-refractivity contribution in [1.29, 1.82) is 0 Å². The van der Waals surface area contributed by atoms with Crippen LogP contribution in [-0.4, -0.2) is 47.1 Å². The van der Waals surface area contributed by atoms with E-state index >= 15 is 0 Å². The maximum absolute atomic E-state index is 4.53. The predicted octanol–water partition coefficient (Wildman–Crippen LogP) is 3.31. The van der Waals surface area contributed by atoms with E-state index in [2.05, 4.69) is 37.9 Å². The van der Waals surface area contributed by atoms with Crippen LogP contribution < -0.4 is 5.32 Å². The monoisotopic (exact) mass is 331 g/mol. The number of aliphatic imine (C=N–C) groups is 1. The third-order valence-electron chi connectivity index (χ3n) is 5.88. The van der Waals surface area contributed by atoms with E-state index < -0.39 is 0 Å². The van der Waals surface area contributed by atoms with Gasteiger partial charge in [0.2, 0.25) is 0 Å². The minimum absolute atomic E-state index is 0.485. The van der Waals surface area contributed by atoms with Crippen molar-refractivity contribution in [2.75, 3.05) is 26.7 Å². The fraction of sp³-hybridized carbons (Fsp3) is 0.789. The first-order valence-electron chi connectivity index (χ1n) is 9.71. The summed E-state index contributed by atoms with van der Waals surface area (Å²) in [4.78, 5) is 11.2. The Morgan fingerprint density at radius 3 is 2.83 bits per heavy atom. The maximum Gasteiger partial charge on any atom is 0.193 e. The molecule has 24 heavy (non-hydrogen) atoms. The molecular weight excluding hydrogens is 298 g/mol. The lowest BCUT2D eigenvalue weighted by Gasteiger charge is -2.39. The molecule has 5 heteroatoms. The van der Waals surface area contributed by atoms with Crippen molar-refractivity contribution < 1.29 is 0 Å². The average Bonchev–Trinajstić information content (AvgIpc) is 3.29. The number of hydrogen-bond acceptors (Lipinski definition) is 2. The van der Waals surface area contributed by atoms with E-state index in [9.17, 15) is 0 Å². The number of aromatic nitrogens is 2. The predicted molar refractivity (Wildman–Crippen MR) is 99.2 cm³/mol. The fourth-order valence-electron chi connectivity index (χ4n) is 4.32. The second-order valence-electron chi connectivity index (χ2n) is 7.56. The number of hydrogen-bond donors (Lipinski definition) is 1. The first-order chi connectivity index (χ1) is 11.8. The molecule has 3 rings (SSSR count). The van der Waals surface area contributed by atoms with Crippen molar-refractivity contribution in [2.24, 2.45) is 16.8 Å². The van der Waals surface area contributed by atoms with Gasteiger partial charge in [-0.25, -0.2) is 4.98 Å². The molecule has 2 atom stereocenters. The molecule has 2 fully saturated rings. The molecular formula is C19H33N5. The van der Waals surface area contributed by atoms with Crippen molar-refractivity contribution in [2.45, 2.75) is 57.9 Å². The molecule has 1 aliphatic carbocycles. The highest BCUT2D eigenvalue weighted by Crippen LogP contribution is 2.29. The summed E-state index contributed by atoms with van der Waals surface area (Å²) in [5.41, 5.74) is 0. The van der Waals surface area contributed by atoms with Crippen molar-refractivity contribution in [3.05, 3.63) is 18.7 Å². The minimum Gasteiger partial charge on any atom is -0.356 e. The van der Waals surface area contributed by atoms with Gasteiger partial charge in [0.05, 0.1) is 12.4 Å². The lowest BCUT2D eigenvalue weighted by molar-refractivity contribution is 0.189. The SMILES string of the molecule is CN=C(NCCCC1CCCC1)N1CCC(C)C(n2ccnc2)C1. The number of guanidine groups is 1. The summed E-state index contributed by atoms with van der Waals surface area (Å²) < 4.78 is 2.25. The molecule has 1 aromatic rings. The summed E-state index contributed by atoms with van der Waals surface area (Å²) >= 11 is 0. The van der Waals surface area contributed by atoms with Gasteiger partial charge in [-0.05, 0) is 31.1 Å². The summed E-state index contributed by atoms with van der Waals surface area (Å²) in [5.74, 6) is 2.73. The summed E-state index contributed by atoms with van der Waals surface area (Å²) in [6.07, 6.45) is 15.5. The molecule has 0 aromatic carbocycles. The average molecular weight is 332 g/mol. The zero-order valence-electron chi connectivity index (χ0n) is 15.3. The Labute approximate surface area is 146 Å². The van der Waals surface area contributed by atoms with Crippen LogP contribution in [0.1, 0.15) is 57.9 Å². The van der Waals surface area contributed by atoms with Gasteiger partial charge in [0, 0.05) is 39.1 Å². The van der Waals surface area contributed by atoms with Crippen LogP contribution in [0.5, 0.6) is 0 Å². The molecule has 2 unspecified atom stereocenters. The van der Waals surface area contributed by atoms with Gasteiger partial charge in [-0.1, -0.05) is 32.6 Å². The van der Waals surface area contributed by atoms with Gasteiger partial charge in [-0.2, -0.15) is 0 Å². The van der Waals surface area contributed by atoms with Crippen LogP contribution in [-0.2, 0) is 0 Å². The zero-order valence-corrected chi connectivity index (χ0v) is 15.3. The topological polar surface area (TPSA) is 45.5 Å². The molecule has 1 saturated heterocycles. The quantitative estimate of drug-likeness (QED) is 0.511. The normalized spacial score (nSPS) is 26.1. The summed E-state index contributed by atoms with van der Waals surface area (Å²) in [5, 5.41) is 3.59. The number of likely N-dealkylation sites (tertiary alicyclic amines) is 1. The van der Waals surface area contributed by atoms with Crippen LogP contribution in [0, 0.1) is 11.8 Å². The van der Waals surface area contributed by atoms with Crippen LogP contribution in [0.25, 0.3) is 0 Å². The van der Waals surface area contributed by atoms with E-state index in [1.54, 1.807) is 0 Å². The van der Waals surface area contributed by atoms with Gasteiger partial charge in [0.1, 0.15) is 0 Å². The summed E-state index contributed by atoms with van der Waals surface area (Å²) in [6, 6.07) is 0.485. The van der Waals surface area contributed by atoms with E-state index in [0.29, 0.717) is 12.0 Å². The number of nitrogens with zero attached hydrogens (tertiary/aromatic N) is 4. The molecule has 1 aliphatic heterocycles. The third kappa shape index (κ3) is 4.31. The largest absolute Gasteiger partial charge is 0.356 e. The molecule has 1 aromatic heterocycles. The molecule has 1 saturated carbocycles. The first-order valence-corrected chi connectivity index (χ1v) is 9.71. The molecule has 2 heterocycles. The lowest BCUT2D eigenvalue weighted by atomic mass is 9.93. The lowest BCUT2D eigenvalue weighted by Crippen LogP contribution is -2.49. The second kappa shape index (κ2) is 8.54. The van der Waals surface area contributed by atoms with Crippen LogP contribution in [0.15, 0.2) is 23.7 Å². The van der Waals surface area contributed by atoms with Crippen molar-refractivity contribution >= 4 is 5.96 Å². The van der Waals surface area contributed by atoms with Crippen molar-refractivity contribution in [3.63, 3.8) is 0 Å². The Balaban J connectivity index is 1.47. The number of nitrogens with one attached hydrogen (secondary N) is 1. The smallest absolute Gasteiger partial charge is 0.193 e. The summed E-state index contributed by atoms with van der Waals surface area (Å²) in [7, 11) is 1.91. The number of piperidine rings is 1. The Bertz CT molecular complexity index is 504. The number of rotatable bonds is 5. The van der Waals surface area contributed by atoms with Crippen molar-refractivity contribution in [1.82, 2.24) is 19.8 Å². The summed E-state index contributed by atoms with van der Waals surface area (Å²) in [6.45, 7) is 5.50. The Morgan fingerprint density at radius 2 is 2.12 bits per heavy atom. The molecule has 0 radical (unpaired) electrons. The Hall–Kier alpha value is -1.52. The van der Waals surface area contributed by atoms with E-state index in [1.165, 1.54) is 44.9 Å². The zero-order chi connectivity index (χ0) is 16.8. The third-order valence-corrected chi connectivity index (χ3v) is 5.88. The van der Waals surface area contributed by atoms with Gasteiger partial charge in [-0.3, -0.25) is 4.99 Å². The van der Waals surface area contributed by atoms with Crippen LogP contribution >= 0.6 is 0 Å². The molecule has 0 bridgehead atoms. The highest BCUT2D eigenvalue weighted by atomic mass is 15.3. The van der Waals surface area contributed by atoms with Crippen LogP contribution in [0.3, 0.4) is 0 Å². The maximum atomic E-state index is 4.53. The standard InChI is InChI=1S/C19H33N5/c1-16-9-12-23(14-18(16)24-13-11-21-15-24)19(20-2)22-10-5-8-17-6-3-4-7-17/h11,13,15-18H,3-10,12,14H2,1-2H3,(H,20,22). The fourth-order valence-corrected chi connectivity index (χ4v) is 4.32. The van der Waals surface area contributed by atoms with E-state index in [4.69, 9.17) is 0 Å². The number of imidazole rings is 1. The van der Waals surface area contributed by atoms with Gasteiger partial charge < -0.3 is 14.8 Å². The van der Waals surface area contributed by atoms with E-state index in [-0.39, 0.29) is 0 Å². The highest BCUT2D eigenvalue weighted by Gasteiger charge is 2.28. The minimum atomic E-state index is 0.485.